The van der Waals surface area contributed by atoms with E-state index in [9.17, 15) is 19.5 Å². The number of hydrogen-bond acceptors (Lipinski definition) is 6. The van der Waals surface area contributed by atoms with Crippen LogP contribution >= 0.6 is 0 Å². The van der Waals surface area contributed by atoms with Crippen LogP contribution in [0.3, 0.4) is 0 Å². The van der Waals surface area contributed by atoms with Crippen molar-refractivity contribution < 1.29 is 29.0 Å². The summed E-state index contributed by atoms with van der Waals surface area (Å²) in [4.78, 5) is 35.9. The molecule has 0 bridgehead atoms. The number of ether oxygens (including phenoxy) is 2. The van der Waals surface area contributed by atoms with Gasteiger partial charge >= 0.3 is 11.9 Å². The van der Waals surface area contributed by atoms with Gasteiger partial charge in [0.2, 0.25) is 0 Å². The van der Waals surface area contributed by atoms with Crippen LogP contribution in [-0.2, 0) is 23.9 Å². The summed E-state index contributed by atoms with van der Waals surface area (Å²) in [6.45, 7) is 3.97. The molecule has 47 heavy (non-hydrogen) atoms. The Hall–Kier alpha value is -1.95. The zero-order valence-electron chi connectivity index (χ0n) is 30.8. The molecule has 0 aromatic carbocycles. The third kappa shape index (κ3) is 35.2. The van der Waals surface area contributed by atoms with E-state index in [2.05, 4.69) is 19.9 Å². The van der Waals surface area contributed by atoms with Crippen molar-refractivity contribution in [3.05, 3.63) is 24.3 Å². The largest absolute Gasteiger partial charge is 0.462 e. The Kier molecular flexibility index (Phi) is 35.3. The third-order valence-electron chi connectivity index (χ3n) is 8.72. The predicted molar refractivity (Wildman–Crippen MR) is 196 cm³/mol. The molecule has 0 aliphatic carbocycles. The van der Waals surface area contributed by atoms with Crippen LogP contribution in [0.4, 0.5) is 0 Å². The van der Waals surface area contributed by atoms with Crippen LogP contribution in [0.25, 0.3) is 0 Å². The number of aliphatic hydroxyl groups is 1. The smallest absolute Gasteiger partial charge is 0.306 e. The molecule has 0 aliphatic heterocycles. The minimum Gasteiger partial charge on any atom is -0.462 e. The monoisotopic (exact) mass is 663 g/mol. The van der Waals surface area contributed by atoms with Crippen molar-refractivity contribution in [2.75, 3.05) is 13.2 Å². The summed E-state index contributed by atoms with van der Waals surface area (Å²) in [5.74, 6) is -0.446. The SMILES string of the molecule is CCCCCCCCCCCCCCCCCCCC(=O)OC[C@H](CO)OC(=O)CCCCCCC/C=C\C=C\C(=O)CCCCC. The zero-order valence-corrected chi connectivity index (χ0v) is 30.8. The van der Waals surface area contributed by atoms with Crippen LogP contribution in [0.5, 0.6) is 0 Å². The molecule has 0 radical (unpaired) electrons. The standard InChI is InChI=1S/C41H74O6/c1-3-5-7-8-9-10-11-12-13-14-15-16-17-20-23-26-30-34-40(44)46-37-39(36-42)47-41(45)35-31-27-24-21-18-19-22-25-29-33-38(43)32-28-6-4-2/h22,25,29,33,39,42H,3-21,23-24,26-28,30-32,34-37H2,1-2H3/b25-22-,33-29+/t39-/m0/s1. The van der Waals surface area contributed by atoms with Gasteiger partial charge in [0, 0.05) is 19.3 Å². The second kappa shape index (κ2) is 36.9. The van der Waals surface area contributed by atoms with Crippen molar-refractivity contribution in [1.29, 1.82) is 0 Å². The first kappa shape index (κ1) is 45.0. The van der Waals surface area contributed by atoms with Crippen LogP contribution in [0.15, 0.2) is 24.3 Å². The number of rotatable bonds is 36. The first-order valence-corrected chi connectivity index (χ1v) is 19.8. The number of carbonyl (C=O) groups is 3. The zero-order chi connectivity index (χ0) is 34.5. The van der Waals surface area contributed by atoms with E-state index >= 15 is 0 Å². The first-order chi connectivity index (χ1) is 23.0. The van der Waals surface area contributed by atoms with E-state index in [1.54, 1.807) is 6.08 Å². The number of aliphatic hydroxyl groups excluding tert-OH is 1. The molecular formula is C41H74O6. The molecule has 0 rings (SSSR count). The molecule has 6 heteroatoms. The van der Waals surface area contributed by atoms with Gasteiger partial charge in [-0.2, -0.15) is 0 Å². The van der Waals surface area contributed by atoms with Gasteiger partial charge in [-0.25, -0.2) is 0 Å². The summed E-state index contributed by atoms with van der Waals surface area (Å²) in [5.41, 5.74) is 0. The highest BCUT2D eigenvalue weighted by molar-refractivity contribution is 5.89. The average molecular weight is 663 g/mol. The third-order valence-corrected chi connectivity index (χ3v) is 8.72. The second-order valence-corrected chi connectivity index (χ2v) is 13.4. The minimum atomic E-state index is -0.797. The normalized spacial score (nSPS) is 12.2. The van der Waals surface area contributed by atoms with Crippen LogP contribution in [-0.4, -0.2) is 42.1 Å². The Bertz CT molecular complexity index is 774. The topological polar surface area (TPSA) is 89.9 Å². The highest BCUT2D eigenvalue weighted by atomic mass is 16.6. The molecule has 0 saturated carbocycles. The summed E-state index contributed by atoms with van der Waals surface area (Å²) in [5, 5.41) is 9.54. The lowest BCUT2D eigenvalue weighted by Gasteiger charge is -2.15. The molecule has 6 nitrogen and oxygen atoms in total. The lowest BCUT2D eigenvalue weighted by atomic mass is 10.0. The summed E-state index contributed by atoms with van der Waals surface area (Å²) in [6.07, 6.45) is 39.3. The molecule has 0 unspecified atom stereocenters. The lowest BCUT2D eigenvalue weighted by Crippen LogP contribution is -2.28. The Morgan fingerprint density at radius 1 is 0.532 bits per heavy atom. The van der Waals surface area contributed by atoms with Gasteiger partial charge in [-0.05, 0) is 38.2 Å². The van der Waals surface area contributed by atoms with Gasteiger partial charge in [-0.3, -0.25) is 14.4 Å². The predicted octanol–water partition coefficient (Wildman–Crippen LogP) is 11.5. The maximum Gasteiger partial charge on any atom is 0.306 e. The van der Waals surface area contributed by atoms with Crippen LogP contribution < -0.4 is 0 Å². The second-order valence-electron chi connectivity index (χ2n) is 13.4. The van der Waals surface area contributed by atoms with Gasteiger partial charge in [0.05, 0.1) is 6.61 Å². The van der Waals surface area contributed by atoms with Crippen LogP contribution in [0, 0.1) is 0 Å². The van der Waals surface area contributed by atoms with Crippen molar-refractivity contribution in [2.24, 2.45) is 0 Å². The molecule has 0 aliphatic rings. The molecule has 0 fully saturated rings. The molecular weight excluding hydrogens is 588 g/mol. The van der Waals surface area contributed by atoms with E-state index in [1.165, 1.54) is 89.9 Å². The Labute approximate surface area is 289 Å². The fraction of sp³-hybridized carbons (Fsp3) is 0.829. The molecule has 1 atom stereocenters. The molecule has 1 N–H and O–H groups in total. The number of ketones is 1. The summed E-state index contributed by atoms with van der Waals surface area (Å²) >= 11 is 0. The Balaban J connectivity index is 3.59. The van der Waals surface area contributed by atoms with Gasteiger partial charge in [0.15, 0.2) is 11.9 Å². The first-order valence-electron chi connectivity index (χ1n) is 19.8. The van der Waals surface area contributed by atoms with E-state index in [0.29, 0.717) is 19.3 Å². The van der Waals surface area contributed by atoms with Gasteiger partial charge in [0.1, 0.15) is 6.61 Å². The minimum absolute atomic E-state index is 0.0875. The summed E-state index contributed by atoms with van der Waals surface area (Å²) in [6, 6.07) is 0. The van der Waals surface area contributed by atoms with Crippen molar-refractivity contribution in [2.45, 2.75) is 206 Å². The van der Waals surface area contributed by atoms with Crippen molar-refractivity contribution in [3.63, 3.8) is 0 Å². The van der Waals surface area contributed by atoms with Crippen molar-refractivity contribution in [1.82, 2.24) is 0 Å². The highest BCUT2D eigenvalue weighted by Gasteiger charge is 2.16. The average Bonchev–Trinajstić information content (AvgIpc) is 3.07. The summed E-state index contributed by atoms with van der Waals surface area (Å²) in [7, 11) is 0. The summed E-state index contributed by atoms with van der Waals surface area (Å²) < 4.78 is 10.6. The molecule has 0 spiro atoms. The maximum absolute atomic E-state index is 12.1. The van der Waals surface area contributed by atoms with Crippen molar-refractivity contribution >= 4 is 17.7 Å². The van der Waals surface area contributed by atoms with Gasteiger partial charge in [-0.15, -0.1) is 0 Å². The van der Waals surface area contributed by atoms with E-state index < -0.39 is 6.10 Å². The van der Waals surface area contributed by atoms with Crippen LogP contribution in [0.1, 0.15) is 200 Å². The van der Waals surface area contributed by atoms with Gasteiger partial charge in [0.25, 0.3) is 0 Å². The quantitative estimate of drug-likeness (QED) is 0.0311. The Morgan fingerprint density at radius 3 is 1.47 bits per heavy atom. The van der Waals surface area contributed by atoms with E-state index in [0.717, 1.165) is 77.0 Å². The van der Waals surface area contributed by atoms with E-state index in [1.807, 2.05) is 12.2 Å². The molecule has 0 aromatic rings. The number of hydrogen-bond donors (Lipinski definition) is 1. The number of unbranched alkanes of at least 4 members (excludes halogenated alkanes) is 23. The van der Waals surface area contributed by atoms with Gasteiger partial charge < -0.3 is 14.6 Å². The highest BCUT2D eigenvalue weighted by Crippen LogP contribution is 2.15. The number of allylic oxidation sites excluding steroid dienone is 4. The number of carbonyl (C=O) groups excluding carboxylic acids is 3. The van der Waals surface area contributed by atoms with Gasteiger partial charge in [-0.1, -0.05) is 167 Å². The molecule has 0 amide bonds. The fourth-order valence-corrected chi connectivity index (χ4v) is 5.65. The molecule has 0 heterocycles. The van der Waals surface area contributed by atoms with E-state index in [4.69, 9.17) is 9.47 Å². The van der Waals surface area contributed by atoms with E-state index in [-0.39, 0.29) is 30.9 Å². The molecule has 274 valence electrons. The van der Waals surface area contributed by atoms with Crippen LogP contribution in [0.2, 0.25) is 0 Å². The fourth-order valence-electron chi connectivity index (χ4n) is 5.65. The molecule has 0 saturated heterocycles. The van der Waals surface area contributed by atoms with Crippen molar-refractivity contribution in [3.8, 4) is 0 Å². The molecule has 0 aromatic heterocycles. The maximum atomic E-state index is 12.1. The lowest BCUT2D eigenvalue weighted by molar-refractivity contribution is -0.161. The number of esters is 2. The Morgan fingerprint density at radius 2 is 0.957 bits per heavy atom.